The van der Waals surface area contributed by atoms with Gasteiger partial charge in [-0.2, -0.15) is 0 Å². The smallest absolute Gasteiger partial charge is 0.225 e. The average molecular weight is 245 g/mol. The van der Waals surface area contributed by atoms with Gasteiger partial charge >= 0.3 is 0 Å². The van der Waals surface area contributed by atoms with Crippen LogP contribution in [0.1, 0.15) is 43.7 Å². The highest BCUT2D eigenvalue weighted by Gasteiger charge is 2.42. The molecule has 1 saturated heterocycles. The standard InChI is InChI=1S/C14H19N3O/c15-12-8-13(18)17(11-5-1-2-6-11)14(12)10-4-3-7-16-9-10/h3-4,7,9,11-12,14H,1-2,5-6,8,15H2. The molecule has 0 aromatic carbocycles. The highest BCUT2D eigenvalue weighted by atomic mass is 16.2. The van der Waals surface area contributed by atoms with E-state index >= 15 is 0 Å². The molecule has 18 heavy (non-hydrogen) atoms. The SMILES string of the molecule is NC1CC(=O)N(C2CCCC2)C1c1cccnc1. The summed E-state index contributed by atoms with van der Waals surface area (Å²) in [5, 5.41) is 0. The molecular formula is C14H19N3O. The third-order valence-electron chi connectivity index (χ3n) is 4.15. The Kier molecular flexibility index (Phi) is 3.04. The van der Waals surface area contributed by atoms with Crippen molar-refractivity contribution in [1.29, 1.82) is 0 Å². The molecular weight excluding hydrogens is 226 g/mol. The number of hydrogen-bond donors (Lipinski definition) is 1. The topological polar surface area (TPSA) is 59.2 Å². The fraction of sp³-hybridized carbons (Fsp3) is 0.571. The average Bonchev–Trinajstić information content (AvgIpc) is 2.97. The molecule has 96 valence electrons. The van der Waals surface area contributed by atoms with Crippen LogP contribution in [0.4, 0.5) is 0 Å². The summed E-state index contributed by atoms with van der Waals surface area (Å²) in [6.45, 7) is 0. The molecule has 2 aliphatic rings. The maximum absolute atomic E-state index is 12.2. The van der Waals surface area contributed by atoms with Gasteiger partial charge in [-0.1, -0.05) is 18.9 Å². The lowest BCUT2D eigenvalue weighted by atomic mass is 10.0. The molecule has 1 aliphatic heterocycles. The number of nitrogens with zero attached hydrogens (tertiary/aromatic N) is 2. The number of pyridine rings is 1. The largest absolute Gasteiger partial charge is 0.331 e. The number of rotatable bonds is 2. The second kappa shape index (κ2) is 4.69. The van der Waals surface area contributed by atoms with Gasteiger partial charge in [-0.05, 0) is 24.5 Å². The van der Waals surface area contributed by atoms with E-state index in [-0.39, 0.29) is 18.0 Å². The van der Waals surface area contributed by atoms with Crippen LogP contribution in [0, 0.1) is 0 Å². The zero-order valence-electron chi connectivity index (χ0n) is 10.5. The first-order valence-corrected chi connectivity index (χ1v) is 6.74. The van der Waals surface area contributed by atoms with Crippen molar-refractivity contribution in [3.8, 4) is 0 Å². The molecule has 2 unspecified atom stereocenters. The van der Waals surface area contributed by atoms with Crippen molar-refractivity contribution in [1.82, 2.24) is 9.88 Å². The van der Waals surface area contributed by atoms with E-state index in [2.05, 4.69) is 4.98 Å². The molecule has 2 heterocycles. The van der Waals surface area contributed by atoms with Gasteiger partial charge in [0.05, 0.1) is 6.04 Å². The Bertz CT molecular complexity index is 428. The van der Waals surface area contributed by atoms with Gasteiger partial charge in [0.1, 0.15) is 0 Å². The van der Waals surface area contributed by atoms with Gasteiger partial charge in [0.25, 0.3) is 0 Å². The number of carbonyl (C=O) groups is 1. The van der Waals surface area contributed by atoms with Crippen LogP contribution in [0.5, 0.6) is 0 Å². The van der Waals surface area contributed by atoms with Gasteiger partial charge < -0.3 is 10.6 Å². The van der Waals surface area contributed by atoms with Crippen LogP contribution in [0.3, 0.4) is 0 Å². The van der Waals surface area contributed by atoms with Gasteiger partial charge in [-0.25, -0.2) is 0 Å². The quantitative estimate of drug-likeness (QED) is 0.861. The van der Waals surface area contributed by atoms with E-state index in [0.29, 0.717) is 12.5 Å². The fourth-order valence-corrected chi connectivity index (χ4v) is 3.35. The van der Waals surface area contributed by atoms with E-state index in [1.165, 1.54) is 12.8 Å². The summed E-state index contributed by atoms with van der Waals surface area (Å²) in [6.07, 6.45) is 8.75. The molecule has 1 saturated carbocycles. The van der Waals surface area contributed by atoms with Crippen LogP contribution in [0.15, 0.2) is 24.5 Å². The van der Waals surface area contributed by atoms with Crippen LogP contribution < -0.4 is 5.73 Å². The van der Waals surface area contributed by atoms with Crippen molar-refractivity contribution < 1.29 is 4.79 Å². The first-order valence-electron chi connectivity index (χ1n) is 6.74. The third-order valence-corrected chi connectivity index (χ3v) is 4.15. The monoisotopic (exact) mass is 245 g/mol. The number of aromatic nitrogens is 1. The van der Waals surface area contributed by atoms with Crippen molar-refractivity contribution in [3.63, 3.8) is 0 Å². The molecule has 1 aromatic heterocycles. The molecule has 1 aliphatic carbocycles. The molecule has 2 atom stereocenters. The van der Waals surface area contributed by atoms with Gasteiger partial charge in [0.15, 0.2) is 0 Å². The third kappa shape index (κ3) is 1.90. The predicted octanol–water partition coefficient (Wildman–Crippen LogP) is 1.62. The Morgan fingerprint density at radius 1 is 1.33 bits per heavy atom. The molecule has 1 aromatic rings. The molecule has 0 bridgehead atoms. The second-order valence-electron chi connectivity index (χ2n) is 5.34. The highest BCUT2D eigenvalue weighted by Crippen LogP contribution is 2.38. The van der Waals surface area contributed by atoms with Gasteiger partial charge in [0, 0.05) is 30.9 Å². The predicted molar refractivity (Wildman–Crippen MR) is 68.7 cm³/mol. The van der Waals surface area contributed by atoms with Crippen LogP contribution in [-0.4, -0.2) is 27.9 Å². The molecule has 1 amide bonds. The molecule has 0 spiro atoms. The van der Waals surface area contributed by atoms with Crippen molar-refractivity contribution in [3.05, 3.63) is 30.1 Å². The maximum Gasteiger partial charge on any atom is 0.225 e. The van der Waals surface area contributed by atoms with E-state index < -0.39 is 0 Å². The lowest BCUT2D eigenvalue weighted by molar-refractivity contribution is -0.131. The summed E-state index contributed by atoms with van der Waals surface area (Å²) in [4.78, 5) is 18.4. The first-order chi connectivity index (χ1) is 8.77. The summed E-state index contributed by atoms with van der Waals surface area (Å²) in [6, 6.07) is 4.25. The lowest BCUT2D eigenvalue weighted by Crippen LogP contribution is -2.39. The zero-order chi connectivity index (χ0) is 12.5. The zero-order valence-corrected chi connectivity index (χ0v) is 10.5. The summed E-state index contributed by atoms with van der Waals surface area (Å²) >= 11 is 0. The molecule has 0 radical (unpaired) electrons. The summed E-state index contributed by atoms with van der Waals surface area (Å²) < 4.78 is 0. The van der Waals surface area contributed by atoms with Crippen LogP contribution >= 0.6 is 0 Å². The summed E-state index contributed by atoms with van der Waals surface area (Å²) in [7, 11) is 0. The second-order valence-corrected chi connectivity index (χ2v) is 5.34. The van der Waals surface area contributed by atoms with Crippen molar-refractivity contribution in [2.45, 2.75) is 50.2 Å². The molecule has 2 N–H and O–H groups in total. The normalized spacial score (nSPS) is 29.2. The van der Waals surface area contributed by atoms with Gasteiger partial charge in [-0.15, -0.1) is 0 Å². The van der Waals surface area contributed by atoms with E-state index in [4.69, 9.17) is 5.73 Å². The molecule has 2 fully saturated rings. The number of likely N-dealkylation sites (tertiary alicyclic amines) is 1. The van der Waals surface area contributed by atoms with E-state index in [0.717, 1.165) is 18.4 Å². The fourth-order valence-electron chi connectivity index (χ4n) is 3.35. The molecule has 4 heteroatoms. The minimum Gasteiger partial charge on any atom is -0.331 e. The molecule has 4 nitrogen and oxygen atoms in total. The van der Waals surface area contributed by atoms with Crippen LogP contribution in [0.25, 0.3) is 0 Å². The van der Waals surface area contributed by atoms with E-state index in [1.54, 1.807) is 6.20 Å². The number of hydrogen-bond acceptors (Lipinski definition) is 3. The number of nitrogens with two attached hydrogens (primary N) is 1. The number of amides is 1. The van der Waals surface area contributed by atoms with Crippen LogP contribution in [-0.2, 0) is 4.79 Å². The highest BCUT2D eigenvalue weighted by molar-refractivity contribution is 5.80. The van der Waals surface area contributed by atoms with Crippen molar-refractivity contribution in [2.24, 2.45) is 5.73 Å². The Morgan fingerprint density at radius 3 is 2.78 bits per heavy atom. The van der Waals surface area contributed by atoms with Crippen molar-refractivity contribution in [2.75, 3.05) is 0 Å². The Morgan fingerprint density at radius 2 is 2.11 bits per heavy atom. The van der Waals surface area contributed by atoms with E-state index in [1.807, 2.05) is 23.2 Å². The lowest BCUT2D eigenvalue weighted by Gasteiger charge is -2.32. The summed E-state index contributed by atoms with van der Waals surface area (Å²) in [5.74, 6) is 0.211. The Balaban J connectivity index is 1.91. The Hall–Kier alpha value is -1.42. The summed E-state index contributed by atoms with van der Waals surface area (Å²) in [5.41, 5.74) is 7.24. The van der Waals surface area contributed by atoms with Gasteiger partial charge in [0.2, 0.25) is 5.91 Å². The van der Waals surface area contributed by atoms with Crippen molar-refractivity contribution >= 4 is 5.91 Å². The molecule has 3 rings (SSSR count). The minimum absolute atomic E-state index is 0.0225. The van der Waals surface area contributed by atoms with Crippen LogP contribution in [0.2, 0.25) is 0 Å². The maximum atomic E-state index is 12.2. The minimum atomic E-state index is -0.0951. The Labute approximate surface area is 107 Å². The first kappa shape index (κ1) is 11.7. The number of carbonyl (C=O) groups excluding carboxylic acids is 1. The van der Waals surface area contributed by atoms with Gasteiger partial charge in [-0.3, -0.25) is 9.78 Å². The van der Waals surface area contributed by atoms with E-state index in [9.17, 15) is 4.79 Å².